The summed E-state index contributed by atoms with van der Waals surface area (Å²) in [5.41, 5.74) is 0.443. The number of aromatic amines is 1. The summed E-state index contributed by atoms with van der Waals surface area (Å²) < 4.78 is 4.77. The Hall–Kier alpha value is -1.32. The molecule has 0 unspecified atom stereocenters. The molecule has 0 bridgehead atoms. The highest BCUT2D eigenvalue weighted by Gasteiger charge is 2.05. The molecule has 1 aromatic rings. The topological polar surface area (TPSA) is 55.0 Å². The molecule has 4 nitrogen and oxygen atoms in total. The molecule has 0 saturated carbocycles. The molecule has 0 aliphatic rings. The average Bonchev–Trinajstić information content (AvgIpc) is 2.52. The van der Waals surface area contributed by atoms with Crippen LogP contribution in [0.2, 0.25) is 0 Å². The number of H-pyrrole nitrogens is 1. The van der Waals surface area contributed by atoms with Gasteiger partial charge in [0.25, 0.3) is 0 Å². The van der Waals surface area contributed by atoms with Gasteiger partial charge in [-0.25, -0.2) is 4.79 Å². The van der Waals surface area contributed by atoms with E-state index in [4.69, 9.17) is 4.74 Å². The van der Waals surface area contributed by atoms with Gasteiger partial charge in [0.15, 0.2) is 0 Å². The first kappa shape index (κ1) is 7.78. The molecule has 0 atom stereocenters. The number of hydrogen-bond acceptors (Lipinski definition) is 3. The predicted molar refractivity (Wildman–Crippen MR) is 38.8 cm³/mol. The molecule has 59 valence electrons. The van der Waals surface area contributed by atoms with E-state index in [0.717, 1.165) is 0 Å². The van der Waals surface area contributed by atoms with Crippen molar-refractivity contribution < 1.29 is 9.53 Å². The molecule has 0 spiro atoms. The average molecular weight is 153 g/mol. The van der Waals surface area contributed by atoms with Gasteiger partial charge in [0.1, 0.15) is 0 Å². The predicted octanol–water partition coefficient (Wildman–Crippen LogP) is 0.791. The highest BCUT2D eigenvalue weighted by atomic mass is 16.5. The van der Waals surface area contributed by atoms with Crippen LogP contribution in [-0.4, -0.2) is 22.8 Å². The molecular formula is C7H9N2O2. The van der Waals surface area contributed by atoms with Crippen LogP contribution in [0.4, 0.5) is 0 Å². The van der Waals surface area contributed by atoms with Crippen molar-refractivity contribution in [3.05, 3.63) is 24.9 Å². The van der Waals surface area contributed by atoms with Crippen LogP contribution in [0.25, 0.3) is 0 Å². The number of nitrogens with zero attached hydrogens (tertiary/aromatic N) is 1. The zero-order valence-electron chi connectivity index (χ0n) is 6.04. The van der Waals surface area contributed by atoms with E-state index in [2.05, 4.69) is 17.1 Å². The van der Waals surface area contributed by atoms with E-state index in [1.807, 2.05) is 0 Å². The minimum Gasteiger partial charge on any atom is -0.462 e. The highest BCUT2D eigenvalue weighted by Crippen LogP contribution is 1.97. The summed E-state index contributed by atoms with van der Waals surface area (Å²) in [5, 5.41) is 6.13. The number of esters is 1. The summed E-state index contributed by atoms with van der Waals surface area (Å²) >= 11 is 0. The standard InChI is InChI=1S/C7H9N2O2/c1-2-3-11-7(10)6-4-8-9-5-6/h4-5H,1-3H2,(H,8,9). The third kappa shape index (κ3) is 2.07. The van der Waals surface area contributed by atoms with E-state index in [9.17, 15) is 4.79 Å². The van der Waals surface area contributed by atoms with Crippen molar-refractivity contribution in [2.45, 2.75) is 6.42 Å². The Balaban J connectivity index is 2.43. The van der Waals surface area contributed by atoms with Crippen molar-refractivity contribution in [1.82, 2.24) is 10.2 Å². The van der Waals surface area contributed by atoms with Crippen LogP contribution in [0.5, 0.6) is 0 Å². The van der Waals surface area contributed by atoms with Gasteiger partial charge in [-0.05, 0) is 13.3 Å². The van der Waals surface area contributed by atoms with Crippen molar-refractivity contribution in [2.24, 2.45) is 0 Å². The molecule has 1 radical (unpaired) electrons. The van der Waals surface area contributed by atoms with Gasteiger partial charge < -0.3 is 4.74 Å². The van der Waals surface area contributed by atoms with Crippen LogP contribution >= 0.6 is 0 Å². The zero-order chi connectivity index (χ0) is 8.10. The fourth-order valence-corrected chi connectivity index (χ4v) is 0.611. The van der Waals surface area contributed by atoms with E-state index in [1.54, 1.807) is 0 Å². The lowest BCUT2D eigenvalue weighted by atomic mass is 10.4. The minimum absolute atomic E-state index is 0.351. The van der Waals surface area contributed by atoms with E-state index in [0.29, 0.717) is 18.6 Å². The van der Waals surface area contributed by atoms with Crippen LogP contribution in [0.15, 0.2) is 12.4 Å². The first-order chi connectivity index (χ1) is 5.34. The van der Waals surface area contributed by atoms with Crippen molar-refractivity contribution in [3.8, 4) is 0 Å². The molecule has 1 heterocycles. The van der Waals surface area contributed by atoms with Crippen LogP contribution in [-0.2, 0) is 4.74 Å². The number of nitrogens with one attached hydrogen (secondary N) is 1. The lowest BCUT2D eigenvalue weighted by molar-refractivity contribution is 0.0511. The van der Waals surface area contributed by atoms with Crippen molar-refractivity contribution >= 4 is 5.97 Å². The quantitative estimate of drug-likeness (QED) is 0.653. The second-order valence-corrected chi connectivity index (χ2v) is 1.98. The highest BCUT2D eigenvalue weighted by molar-refractivity contribution is 5.88. The Morgan fingerprint density at radius 2 is 2.64 bits per heavy atom. The fourth-order valence-electron chi connectivity index (χ4n) is 0.611. The zero-order valence-corrected chi connectivity index (χ0v) is 6.04. The van der Waals surface area contributed by atoms with Gasteiger partial charge in [-0.1, -0.05) is 0 Å². The van der Waals surface area contributed by atoms with Gasteiger partial charge >= 0.3 is 5.97 Å². The van der Waals surface area contributed by atoms with E-state index >= 15 is 0 Å². The van der Waals surface area contributed by atoms with Crippen LogP contribution in [0, 0.1) is 6.92 Å². The summed E-state index contributed by atoms with van der Waals surface area (Å²) in [6.45, 7) is 3.89. The number of ether oxygens (including phenoxy) is 1. The first-order valence-electron chi connectivity index (χ1n) is 3.29. The second kappa shape index (κ2) is 3.75. The summed E-state index contributed by atoms with van der Waals surface area (Å²) in [5.74, 6) is -0.359. The number of rotatable bonds is 3. The van der Waals surface area contributed by atoms with E-state index in [-0.39, 0.29) is 5.97 Å². The lowest BCUT2D eigenvalue weighted by Gasteiger charge is -1.98. The molecule has 0 amide bonds. The molecule has 0 aliphatic carbocycles. The third-order valence-corrected chi connectivity index (χ3v) is 1.11. The monoisotopic (exact) mass is 153 g/mol. The Morgan fingerprint density at radius 3 is 3.18 bits per heavy atom. The second-order valence-electron chi connectivity index (χ2n) is 1.98. The van der Waals surface area contributed by atoms with Crippen LogP contribution in [0.3, 0.4) is 0 Å². The maximum atomic E-state index is 11.0. The van der Waals surface area contributed by atoms with E-state index in [1.165, 1.54) is 12.4 Å². The van der Waals surface area contributed by atoms with Gasteiger partial charge in [0.05, 0.1) is 18.4 Å². The van der Waals surface area contributed by atoms with Gasteiger partial charge in [-0.2, -0.15) is 5.10 Å². The molecule has 4 heteroatoms. The largest absolute Gasteiger partial charge is 0.462 e. The molecule has 1 aromatic heterocycles. The normalized spacial score (nSPS) is 9.55. The molecule has 11 heavy (non-hydrogen) atoms. The molecular weight excluding hydrogens is 144 g/mol. The minimum atomic E-state index is -0.359. The van der Waals surface area contributed by atoms with Crippen LogP contribution < -0.4 is 0 Å². The SMILES string of the molecule is [CH2]CCOC(=O)c1cn[nH]c1. The number of carbonyl (C=O) groups excluding carboxylic acids is 1. The summed E-state index contributed by atoms with van der Waals surface area (Å²) in [4.78, 5) is 11.0. The van der Waals surface area contributed by atoms with Gasteiger partial charge in [0.2, 0.25) is 0 Å². The van der Waals surface area contributed by atoms with Gasteiger partial charge in [-0.3, -0.25) is 5.10 Å². The maximum Gasteiger partial charge on any atom is 0.341 e. The summed E-state index contributed by atoms with van der Waals surface area (Å²) in [7, 11) is 0. The number of hydrogen-bond donors (Lipinski definition) is 1. The van der Waals surface area contributed by atoms with Gasteiger partial charge in [-0.15, -0.1) is 0 Å². The van der Waals surface area contributed by atoms with Crippen LogP contribution in [0.1, 0.15) is 16.8 Å². The molecule has 0 aromatic carbocycles. The Kier molecular flexibility index (Phi) is 2.66. The maximum absolute atomic E-state index is 11.0. The number of aromatic nitrogens is 2. The van der Waals surface area contributed by atoms with Crippen molar-refractivity contribution in [1.29, 1.82) is 0 Å². The molecule has 1 N–H and O–H groups in total. The molecule has 0 saturated heterocycles. The van der Waals surface area contributed by atoms with E-state index < -0.39 is 0 Å². The van der Waals surface area contributed by atoms with Gasteiger partial charge in [0, 0.05) is 6.20 Å². The first-order valence-corrected chi connectivity index (χ1v) is 3.29. The van der Waals surface area contributed by atoms with Crippen molar-refractivity contribution in [2.75, 3.05) is 6.61 Å². The molecule has 0 aliphatic heterocycles. The smallest absolute Gasteiger partial charge is 0.341 e. The lowest BCUT2D eigenvalue weighted by Crippen LogP contribution is -2.04. The number of carbonyl (C=O) groups is 1. The molecule has 0 fully saturated rings. The Bertz CT molecular complexity index is 218. The fraction of sp³-hybridized carbons (Fsp3) is 0.286. The Morgan fingerprint density at radius 1 is 1.82 bits per heavy atom. The molecule has 1 rings (SSSR count). The summed E-state index contributed by atoms with van der Waals surface area (Å²) in [6, 6.07) is 0. The summed E-state index contributed by atoms with van der Waals surface area (Å²) in [6.07, 6.45) is 3.50. The third-order valence-electron chi connectivity index (χ3n) is 1.11. The van der Waals surface area contributed by atoms with Crippen molar-refractivity contribution in [3.63, 3.8) is 0 Å². The Labute approximate surface area is 64.6 Å².